The van der Waals surface area contributed by atoms with Gasteiger partial charge in [0.25, 0.3) is 5.69 Å². The van der Waals surface area contributed by atoms with Crippen LogP contribution in [-0.4, -0.2) is 45.9 Å². The number of nitrogens with one attached hydrogen (secondary N) is 3. The lowest BCUT2D eigenvalue weighted by molar-refractivity contribution is -0.385. The van der Waals surface area contributed by atoms with E-state index in [1.807, 2.05) is 6.07 Å². The monoisotopic (exact) mass is 443 g/mol. The summed E-state index contributed by atoms with van der Waals surface area (Å²) in [6, 6.07) is 8.74. The minimum atomic E-state index is -1.18. The third-order valence-electron chi connectivity index (χ3n) is 4.54. The van der Waals surface area contributed by atoms with Crippen LogP contribution in [0.4, 0.5) is 11.5 Å². The summed E-state index contributed by atoms with van der Waals surface area (Å²) in [7, 11) is 0. The molecule has 0 radical (unpaired) electrons. The number of nitro benzene ring substituents is 1. The van der Waals surface area contributed by atoms with Crippen LogP contribution in [0.25, 0.3) is 0 Å². The first-order valence-electron chi connectivity index (χ1n) is 9.94. The topological polar surface area (TPSA) is 164 Å². The molecule has 0 aliphatic rings. The summed E-state index contributed by atoms with van der Waals surface area (Å²) in [5.41, 5.74) is 0.550. The molecule has 1 aromatic carbocycles. The zero-order chi connectivity index (χ0) is 23.5. The Balaban J connectivity index is 1.84. The van der Waals surface area contributed by atoms with Crippen molar-refractivity contribution in [1.29, 1.82) is 0 Å². The fraction of sp³-hybridized carbons (Fsp3) is 0.333. The summed E-state index contributed by atoms with van der Waals surface area (Å²) in [6.07, 6.45) is 1.91. The van der Waals surface area contributed by atoms with E-state index in [1.165, 1.54) is 18.2 Å². The normalized spacial score (nSPS) is 11.3. The Morgan fingerprint density at radius 2 is 1.97 bits per heavy atom. The van der Waals surface area contributed by atoms with E-state index in [2.05, 4.69) is 20.9 Å². The van der Waals surface area contributed by atoms with E-state index in [4.69, 9.17) is 5.11 Å². The third-order valence-corrected chi connectivity index (χ3v) is 4.54. The van der Waals surface area contributed by atoms with Crippen LogP contribution in [0.15, 0.2) is 42.6 Å². The number of rotatable bonds is 12. The lowest BCUT2D eigenvalue weighted by Gasteiger charge is -2.18. The van der Waals surface area contributed by atoms with Gasteiger partial charge < -0.3 is 21.1 Å². The number of anilines is 1. The number of nitro groups is 1. The number of hydrogen-bond acceptors (Lipinski definition) is 7. The number of carbonyl (C=O) groups excluding carboxylic acids is 2. The lowest BCUT2D eigenvalue weighted by Crippen LogP contribution is -2.39. The van der Waals surface area contributed by atoms with E-state index in [0.717, 1.165) is 0 Å². The van der Waals surface area contributed by atoms with Gasteiger partial charge in [0.2, 0.25) is 11.8 Å². The summed E-state index contributed by atoms with van der Waals surface area (Å²) in [6.45, 7) is 1.76. The Labute approximate surface area is 184 Å². The van der Waals surface area contributed by atoms with Crippen LogP contribution in [0.5, 0.6) is 0 Å². The third kappa shape index (κ3) is 8.01. The Hall–Kier alpha value is -4.02. The number of aryl methyl sites for hydroxylation is 1. The molecule has 0 aliphatic heterocycles. The minimum Gasteiger partial charge on any atom is -0.481 e. The van der Waals surface area contributed by atoms with Crippen molar-refractivity contribution in [2.45, 2.75) is 32.2 Å². The number of amides is 2. The number of carbonyl (C=O) groups is 3. The molecule has 1 heterocycles. The number of aliphatic carboxylic acids is 1. The van der Waals surface area contributed by atoms with Gasteiger partial charge in [-0.25, -0.2) is 4.98 Å². The zero-order valence-electron chi connectivity index (χ0n) is 17.5. The van der Waals surface area contributed by atoms with Crippen molar-refractivity contribution in [2.24, 2.45) is 0 Å². The predicted octanol–water partition coefficient (Wildman–Crippen LogP) is 1.94. The van der Waals surface area contributed by atoms with E-state index >= 15 is 0 Å². The van der Waals surface area contributed by atoms with Gasteiger partial charge in [-0.1, -0.05) is 18.2 Å². The average Bonchev–Trinajstić information content (AvgIpc) is 2.75. The van der Waals surface area contributed by atoms with Crippen molar-refractivity contribution in [2.75, 3.05) is 18.4 Å². The van der Waals surface area contributed by atoms with Crippen LogP contribution in [0.2, 0.25) is 0 Å². The van der Waals surface area contributed by atoms with E-state index in [0.29, 0.717) is 29.9 Å². The fourth-order valence-corrected chi connectivity index (χ4v) is 2.91. The molecule has 4 N–H and O–H groups in total. The Bertz CT molecular complexity index is 966. The van der Waals surface area contributed by atoms with Crippen molar-refractivity contribution >= 4 is 29.3 Å². The molecule has 0 fully saturated rings. The molecule has 11 nitrogen and oxygen atoms in total. The van der Waals surface area contributed by atoms with Crippen molar-refractivity contribution in [3.05, 3.63) is 63.8 Å². The number of hydrogen-bond donors (Lipinski definition) is 4. The van der Waals surface area contributed by atoms with E-state index in [9.17, 15) is 24.5 Å². The molecule has 11 heteroatoms. The highest BCUT2D eigenvalue weighted by Gasteiger charge is 2.21. The molecule has 0 spiro atoms. The number of pyridine rings is 1. The van der Waals surface area contributed by atoms with Crippen molar-refractivity contribution in [3.8, 4) is 0 Å². The highest BCUT2D eigenvalue weighted by atomic mass is 16.6. The van der Waals surface area contributed by atoms with Gasteiger partial charge in [-0.3, -0.25) is 24.5 Å². The first-order valence-corrected chi connectivity index (χ1v) is 9.94. The van der Waals surface area contributed by atoms with Crippen LogP contribution in [0, 0.1) is 17.0 Å². The molecule has 1 unspecified atom stereocenters. The fourth-order valence-electron chi connectivity index (χ4n) is 2.91. The molecule has 2 rings (SSSR count). The molecular weight excluding hydrogens is 418 g/mol. The largest absolute Gasteiger partial charge is 0.481 e. The Kier molecular flexibility index (Phi) is 9.08. The Morgan fingerprint density at radius 1 is 1.19 bits per heavy atom. The molecule has 0 aliphatic carbocycles. The molecule has 32 heavy (non-hydrogen) atoms. The first kappa shape index (κ1) is 24.3. The molecule has 1 atom stereocenters. The second-order valence-corrected chi connectivity index (χ2v) is 7.04. The van der Waals surface area contributed by atoms with Crippen molar-refractivity contribution in [3.63, 3.8) is 0 Å². The SMILES string of the molecule is Cc1ccc(C(CC(=O)O)NC(=O)CNC(=O)CCCNc2ccccn2)cc1[N+](=O)[O-]. The van der Waals surface area contributed by atoms with Gasteiger partial charge in [0.05, 0.1) is 23.9 Å². The first-order chi connectivity index (χ1) is 15.3. The Morgan fingerprint density at radius 3 is 2.62 bits per heavy atom. The molecule has 0 bridgehead atoms. The van der Waals surface area contributed by atoms with Crippen LogP contribution in [0.3, 0.4) is 0 Å². The van der Waals surface area contributed by atoms with Crippen LogP contribution in [0.1, 0.15) is 36.4 Å². The van der Waals surface area contributed by atoms with E-state index < -0.39 is 29.3 Å². The number of carboxylic acids is 1. The summed E-state index contributed by atoms with van der Waals surface area (Å²) < 4.78 is 0. The van der Waals surface area contributed by atoms with E-state index in [1.54, 1.807) is 25.3 Å². The maximum Gasteiger partial charge on any atom is 0.305 e. The molecular formula is C21H25N5O6. The number of nitrogens with zero attached hydrogens (tertiary/aromatic N) is 2. The molecule has 170 valence electrons. The lowest BCUT2D eigenvalue weighted by atomic mass is 10.0. The van der Waals surface area contributed by atoms with Gasteiger partial charge in [0, 0.05) is 30.8 Å². The quantitative estimate of drug-likeness (QED) is 0.220. The standard InChI is InChI=1S/C21H25N5O6/c1-14-7-8-15(11-17(14)26(31)32)16(12-21(29)30)25-20(28)13-24-19(27)6-4-10-23-18-5-2-3-9-22-18/h2-3,5,7-9,11,16H,4,6,10,12-13H2,1H3,(H,22,23)(H,24,27)(H,25,28)(H,29,30). The summed E-state index contributed by atoms with van der Waals surface area (Å²) >= 11 is 0. The second kappa shape index (κ2) is 12.0. The molecule has 1 aromatic heterocycles. The van der Waals surface area contributed by atoms with Gasteiger partial charge in [0.1, 0.15) is 5.82 Å². The van der Waals surface area contributed by atoms with Gasteiger partial charge in [0.15, 0.2) is 0 Å². The summed E-state index contributed by atoms with van der Waals surface area (Å²) in [5, 5.41) is 28.4. The predicted molar refractivity (Wildman–Crippen MR) is 116 cm³/mol. The van der Waals surface area contributed by atoms with Crippen molar-refractivity contribution in [1.82, 2.24) is 15.6 Å². The molecule has 2 amide bonds. The van der Waals surface area contributed by atoms with Gasteiger partial charge >= 0.3 is 5.97 Å². The average molecular weight is 443 g/mol. The summed E-state index contributed by atoms with van der Waals surface area (Å²) in [5.74, 6) is -1.40. The maximum atomic E-state index is 12.2. The molecule has 0 saturated heterocycles. The van der Waals surface area contributed by atoms with Crippen LogP contribution < -0.4 is 16.0 Å². The molecule has 2 aromatic rings. The van der Waals surface area contributed by atoms with Gasteiger partial charge in [-0.05, 0) is 31.0 Å². The summed E-state index contributed by atoms with van der Waals surface area (Å²) in [4.78, 5) is 50.1. The van der Waals surface area contributed by atoms with Gasteiger partial charge in [-0.2, -0.15) is 0 Å². The number of benzene rings is 1. The van der Waals surface area contributed by atoms with Crippen LogP contribution >= 0.6 is 0 Å². The zero-order valence-corrected chi connectivity index (χ0v) is 17.5. The smallest absolute Gasteiger partial charge is 0.305 e. The van der Waals surface area contributed by atoms with E-state index in [-0.39, 0.29) is 24.6 Å². The number of aromatic nitrogens is 1. The highest BCUT2D eigenvalue weighted by molar-refractivity contribution is 5.85. The molecule has 0 saturated carbocycles. The minimum absolute atomic E-state index is 0.167. The maximum absolute atomic E-state index is 12.2. The second-order valence-electron chi connectivity index (χ2n) is 7.04. The van der Waals surface area contributed by atoms with Crippen LogP contribution in [-0.2, 0) is 14.4 Å². The number of carboxylic acid groups (broad SMARTS) is 1. The van der Waals surface area contributed by atoms with Crippen molar-refractivity contribution < 1.29 is 24.4 Å². The van der Waals surface area contributed by atoms with Gasteiger partial charge in [-0.15, -0.1) is 0 Å². The highest BCUT2D eigenvalue weighted by Crippen LogP contribution is 2.25.